The number of aryl methyl sites for hydroxylation is 1. The summed E-state index contributed by atoms with van der Waals surface area (Å²) >= 11 is 0. The molecule has 0 spiro atoms. The van der Waals surface area contributed by atoms with Crippen molar-refractivity contribution in [2.75, 3.05) is 6.61 Å². The summed E-state index contributed by atoms with van der Waals surface area (Å²) < 4.78 is 13.8. The Bertz CT molecular complexity index is 542. The van der Waals surface area contributed by atoms with Crippen LogP contribution in [0.4, 0.5) is 0 Å². The van der Waals surface area contributed by atoms with Crippen molar-refractivity contribution in [2.24, 2.45) is 0 Å². The maximum atomic E-state index is 5.93. The third-order valence-corrected chi connectivity index (χ3v) is 3.12. The summed E-state index contributed by atoms with van der Waals surface area (Å²) in [5.41, 5.74) is 0. The highest BCUT2D eigenvalue weighted by Crippen LogP contribution is 2.31. The number of ether oxygens (including phenoxy) is 2. The maximum Gasteiger partial charge on any atom is 0.161 e. The quantitative estimate of drug-likeness (QED) is 0.745. The monoisotopic (exact) mass is 279 g/mol. The van der Waals surface area contributed by atoms with Gasteiger partial charge >= 0.3 is 0 Å². The molecule has 0 fully saturated rings. The van der Waals surface area contributed by atoms with Gasteiger partial charge in [0.1, 0.15) is 18.5 Å². The molecule has 1 aliphatic heterocycles. The van der Waals surface area contributed by atoms with Crippen LogP contribution in [0.1, 0.15) is 12.7 Å². The van der Waals surface area contributed by atoms with Crippen LogP contribution in [0, 0.1) is 0 Å². The number of rotatable bonds is 3. The van der Waals surface area contributed by atoms with Gasteiger partial charge in [0.05, 0.1) is 0 Å². The number of halogens is 1. The topological polar surface area (TPSA) is 36.3 Å². The lowest BCUT2D eigenvalue weighted by Crippen LogP contribution is -3.00. The maximum absolute atomic E-state index is 5.93. The van der Waals surface area contributed by atoms with E-state index in [0.717, 1.165) is 30.3 Å². The minimum absolute atomic E-state index is 0. The van der Waals surface area contributed by atoms with Crippen LogP contribution in [-0.4, -0.2) is 22.3 Å². The lowest BCUT2D eigenvalue weighted by Gasteiger charge is -2.26. The molecule has 3 rings (SSSR count). The Morgan fingerprint density at radius 3 is 2.89 bits per heavy atom. The summed E-state index contributed by atoms with van der Waals surface area (Å²) in [6.45, 7) is 3.62. The summed E-state index contributed by atoms with van der Waals surface area (Å²) in [7, 11) is 0. The van der Waals surface area contributed by atoms with Crippen LogP contribution in [0.3, 0.4) is 0 Å². The van der Waals surface area contributed by atoms with Crippen molar-refractivity contribution in [3.05, 3.63) is 42.5 Å². The van der Waals surface area contributed by atoms with E-state index >= 15 is 0 Å². The number of para-hydroxylation sites is 2. The molecule has 0 saturated carbocycles. The van der Waals surface area contributed by atoms with Crippen LogP contribution in [0.5, 0.6) is 11.5 Å². The summed E-state index contributed by atoms with van der Waals surface area (Å²) in [6.07, 6.45) is 4.63. The Labute approximate surface area is 118 Å². The van der Waals surface area contributed by atoms with E-state index in [-0.39, 0.29) is 18.5 Å². The van der Waals surface area contributed by atoms with Crippen LogP contribution < -0.4 is 21.9 Å². The first-order valence-electron chi connectivity index (χ1n) is 6.25. The molecule has 0 amide bonds. The fraction of sp³-hybridized carbons (Fsp3) is 0.357. The first kappa shape index (κ1) is 13.7. The van der Waals surface area contributed by atoms with Crippen molar-refractivity contribution in [3.63, 3.8) is 0 Å². The molecule has 0 radical (unpaired) electrons. The molecule has 0 N–H and O–H groups in total. The molecule has 0 aliphatic carbocycles. The molecule has 1 atom stereocenters. The van der Waals surface area contributed by atoms with E-state index in [1.807, 2.05) is 36.7 Å². The summed E-state index contributed by atoms with van der Waals surface area (Å²) in [5, 5.41) is 0. The van der Waals surface area contributed by atoms with Gasteiger partial charge in [-0.15, -0.1) is 0 Å². The molecule has 0 bridgehead atoms. The van der Waals surface area contributed by atoms with E-state index in [9.17, 15) is 0 Å². The van der Waals surface area contributed by atoms with Gasteiger partial charge in [-0.3, -0.25) is 0 Å². The second kappa shape index (κ2) is 5.97. The van der Waals surface area contributed by atoms with E-state index < -0.39 is 0 Å². The number of fused-ring (bicyclic) bond motifs is 1. The zero-order valence-electron chi connectivity index (χ0n) is 10.8. The van der Waals surface area contributed by atoms with Gasteiger partial charge in [-0.2, -0.15) is 0 Å². The van der Waals surface area contributed by atoms with Gasteiger partial charge in [-0.1, -0.05) is 12.1 Å². The summed E-state index contributed by atoms with van der Waals surface area (Å²) in [4.78, 5) is 4.36. The van der Waals surface area contributed by atoms with Gasteiger partial charge in [-0.25, -0.2) is 4.98 Å². The standard InChI is InChI=1S/C14H16N2O2.ClH/c1-2-16-8-7-15-14(16)9-11-10-17-12-5-3-4-6-13(12)18-11;/h3-8,11H,2,9-10H2,1H3;1H/p-1. The predicted octanol–water partition coefficient (Wildman–Crippen LogP) is -0.710. The molecule has 19 heavy (non-hydrogen) atoms. The number of imidazole rings is 1. The van der Waals surface area contributed by atoms with Crippen molar-refractivity contribution in [1.82, 2.24) is 9.55 Å². The first-order chi connectivity index (χ1) is 8.86. The second-order valence-corrected chi connectivity index (χ2v) is 4.33. The van der Waals surface area contributed by atoms with Gasteiger partial charge in [0, 0.05) is 25.4 Å². The molecule has 1 aromatic carbocycles. The zero-order valence-corrected chi connectivity index (χ0v) is 11.5. The number of benzene rings is 1. The Balaban J connectivity index is 0.00000133. The van der Waals surface area contributed by atoms with E-state index in [2.05, 4.69) is 16.5 Å². The van der Waals surface area contributed by atoms with Gasteiger partial charge in [-0.05, 0) is 19.1 Å². The van der Waals surface area contributed by atoms with E-state index in [1.165, 1.54) is 0 Å². The van der Waals surface area contributed by atoms with Crippen LogP contribution in [0.2, 0.25) is 0 Å². The van der Waals surface area contributed by atoms with Crippen molar-refractivity contribution in [3.8, 4) is 11.5 Å². The van der Waals surface area contributed by atoms with Gasteiger partial charge in [0.15, 0.2) is 11.5 Å². The lowest BCUT2D eigenvalue weighted by atomic mass is 10.2. The van der Waals surface area contributed by atoms with Crippen LogP contribution >= 0.6 is 0 Å². The fourth-order valence-corrected chi connectivity index (χ4v) is 2.19. The van der Waals surface area contributed by atoms with Crippen molar-refractivity contribution >= 4 is 0 Å². The fourth-order valence-electron chi connectivity index (χ4n) is 2.19. The molecular formula is C14H16ClN2O2-. The molecule has 2 aromatic rings. The minimum atomic E-state index is 0. The average molecular weight is 280 g/mol. The molecule has 102 valence electrons. The Kier molecular flexibility index (Phi) is 4.32. The van der Waals surface area contributed by atoms with E-state index in [4.69, 9.17) is 9.47 Å². The number of hydrogen-bond donors (Lipinski definition) is 0. The Hall–Kier alpha value is -1.68. The molecule has 5 heteroatoms. The average Bonchev–Trinajstić information content (AvgIpc) is 2.86. The SMILES string of the molecule is CCn1ccnc1CC1COc2ccccc2O1.[Cl-]. The largest absolute Gasteiger partial charge is 1.00 e. The van der Waals surface area contributed by atoms with E-state index in [0.29, 0.717) is 6.61 Å². The number of nitrogens with zero attached hydrogens (tertiary/aromatic N) is 2. The zero-order chi connectivity index (χ0) is 12.4. The Morgan fingerprint density at radius 1 is 1.32 bits per heavy atom. The molecular weight excluding hydrogens is 264 g/mol. The van der Waals surface area contributed by atoms with Gasteiger partial charge < -0.3 is 26.4 Å². The first-order valence-corrected chi connectivity index (χ1v) is 6.25. The number of aromatic nitrogens is 2. The van der Waals surface area contributed by atoms with Crippen LogP contribution in [0.25, 0.3) is 0 Å². The highest BCUT2D eigenvalue weighted by molar-refractivity contribution is 5.40. The second-order valence-electron chi connectivity index (χ2n) is 4.33. The molecule has 1 unspecified atom stereocenters. The lowest BCUT2D eigenvalue weighted by molar-refractivity contribution is -0.00000481. The summed E-state index contributed by atoms with van der Waals surface area (Å²) in [5.74, 6) is 2.70. The van der Waals surface area contributed by atoms with Crippen molar-refractivity contribution in [2.45, 2.75) is 26.0 Å². The Morgan fingerprint density at radius 2 is 2.11 bits per heavy atom. The highest BCUT2D eigenvalue weighted by Gasteiger charge is 2.22. The van der Waals surface area contributed by atoms with Crippen molar-refractivity contribution < 1.29 is 21.9 Å². The van der Waals surface area contributed by atoms with Crippen LogP contribution in [-0.2, 0) is 13.0 Å². The predicted molar refractivity (Wildman–Crippen MR) is 68.0 cm³/mol. The molecule has 2 heterocycles. The number of hydrogen-bond acceptors (Lipinski definition) is 3. The van der Waals surface area contributed by atoms with Crippen molar-refractivity contribution in [1.29, 1.82) is 0 Å². The van der Waals surface area contributed by atoms with Gasteiger partial charge in [0.2, 0.25) is 0 Å². The minimum Gasteiger partial charge on any atom is -1.00 e. The molecule has 1 aliphatic rings. The van der Waals surface area contributed by atoms with Gasteiger partial charge in [0.25, 0.3) is 0 Å². The molecule has 4 nitrogen and oxygen atoms in total. The normalized spacial score (nSPS) is 16.8. The smallest absolute Gasteiger partial charge is 0.161 e. The summed E-state index contributed by atoms with van der Waals surface area (Å²) in [6, 6.07) is 7.77. The third-order valence-electron chi connectivity index (χ3n) is 3.12. The van der Waals surface area contributed by atoms with Crippen LogP contribution in [0.15, 0.2) is 36.7 Å². The highest BCUT2D eigenvalue weighted by atomic mass is 35.5. The molecule has 1 aromatic heterocycles. The molecule has 0 saturated heterocycles. The third kappa shape index (κ3) is 2.84. The van der Waals surface area contributed by atoms with E-state index in [1.54, 1.807) is 0 Å².